The molecule has 1 aliphatic rings. The highest BCUT2D eigenvalue weighted by Gasteiger charge is 2.05. The van der Waals surface area contributed by atoms with Crippen LogP contribution in [0.1, 0.15) is 84.5 Å². The van der Waals surface area contributed by atoms with Crippen LogP contribution in [-0.4, -0.2) is 34.9 Å². The van der Waals surface area contributed by atoms with Gasteiger partial charge in [0.1, 0.15) is 17.3 Å². The largest absolute Gasteiger partial charge is 0.396 e. The SMILES string of the molecule is CC(=O)CCCCCl.CC(=O)CCCCO.O=C1CCCCC1. The van der Waals surface area contributed by atoms with Crippen molar-refractivity contribution in [3.8, 4) is 0 Å². The quantitative estimate of drug-likeness (QED) is 0.526. The second kappa shape index (κ2) is 19.3. The second-order valence-corrected chi connectivity index (χ2v) is 6.21. The predicted octanol–water partition coefficient (Wildman–Crippen LogP) is 4.24. The Morgan fingerprint density at radius 1 is 0.913 bits per heavy atom. The summed E-state index contributed by atoms with van der Waals surface area (Å²) >= 11 is 5.37. The molecule has 0 amide bonds. The molecule has 0 radical (unpaired) electrons. The van der Waals surface area contributed by atoms with Crippen LogP contribution in [-0.2, 0) is 14.4 Å². The van der Waals surface area contributed by atoms with Crippen LogP contribution in [0.5, 0.6) is 0 Å². The average Bonchev–Trinajstić information content (AvgIpc) is 2.49. The Labute approximate surface area is 146 Å². The summed E-state index contributed by atoms with van der Waals surface area (Å²) < 4.78 is 0. The molecule has 0 unspecified atom stereocenters. The molecule has 1 rings (SSSR count). The van der Waals surface area contributed by atoms with Gasteiger partial charge < -0.3 is 14.7 Å². The molecule has 1 fully saturated rings. The Morgan fingerprint density at radius 2 is 1.39 bits per heavy atom. The van der Waals surface area contributed by atoms with Crippen LogP contribution in [0.2, 0.25) is 0 Å². The van der Waals surface area contributed by atoms with Gasteiger partial charge in [0.05, 0.1) is 0 Å². The van der Waals surface area contributed by atoms with E-state index < -0.39 is 0 Å². The van der Waals surface area contributed by atoms with Crippen molar-refractivity contribution < 1.29 is 19.5 Å². The molecule has 1 saturated carbocycles. The van der Waals surface area contributed by atoms with Crippen molar-refractivity contribution in [3.05, 3.63) is 0 Å². The fourth-order valence-electron chi connectivity index (χ4n) is 1.90. The summed E-state index contributed by atoms with van der Waals surface area (Å²) in [5.74, 6) is 1.60. The third-order valence-electron chi connectivity index (χ3n) is 3.26. The van der Waals surface area contributed by atoms with E-state index >= 15 is 0 Å². The molecule has 23 heavy (non-hydrogen) atoms. The minimum absolute atomic E-state index is 0.202. The van der Waals surface area contributed by atoms with Crippen LogP contribution in [0.25, 0.3) is 0 Å². The number of hydrogen-bond donors (Lipinski definition) is 1. The third kappa shape index (κ3) is 26.5. The highest BCUT2D eigenvalue weighted by molar-refractivity contribution is 6.17. The highest BCUT2D eigenvalue weighted by atomic mass is 35.5. The molecule has 5 heteroatoms. The zero-order valence-electron chi connectivity index (χ0n) is 14.7. The van der Waals surface area contributed by atoms with Crippen molar-refractivity contribution >= 4 is 29.0 Å². The zero-order chi connectivity index (χ0) is 17.9. The summed E-state index contributed by atoms with van der Waals surface area (Å²) in [5, 5.41) is 8.27. The second-order valence-electron chi connectivity index (χ2n) is 5.83. The Morgan fingerprint density at radius 3 is 1.70 bits per heavy atom. The van der Waals surface area contributed by atoms with Gasteiger partial charge in [-0.15, -0.1) is 11.6 Å². The Bertz CT molecular complexity index is 288. The van der Waals surface area contributed by atoms with E-state index in [0.717, 1.165) is 51.4 Å². The normalized spacial score (nSPS) is 13.3. The molecular formula is C18H33ClO4. The summed E-state index contributed by atoms with van der Waals surface area (Å²) in [5.41, 5.74) is 0. The average molecular weight is 349 g/mol. The minimum atomic E-state index is 0.202. The van der Waals surface area contributed by atoms with Crippen LogP contribution >= 0.6 is 11.6 Å². The maximum atomic E-state index is 10.5. The molecule has 1 N–H and O–H groups in total. The van der Waals surface area contributed by atoms with Gasteiger partial charge >= 0.3 is 0 Å². The van der Waals surface area contributed by atoms with E-state index in [2.05, 4.69) is 0 Å². The van der Waals surface area contributed by atoms with Crippen LogP contribution in [0.4, 0.5) is 0 Å². The van der Waals surface area contributed by atoms with Crippen LogP contribution in [0.3, 0.4) is 0 Å². The van der Waals surface area contributed by atoms with Crippen molar-refractivity contribution in [2.45, 2.75) is 84.5 Å². The molecule has 0 saturated heterocycles. The number of ketones is 3. The van der Waals surface area contributed by atoms with Gasteiger partial charge in [0.15, 0.2) is 0 Å². The van der Waals surface area contributed by atoms with E-state index in [1.165, 1.54) is 6.42 Å². The van der Waals surface area contributed by atoms with Gasteiger partial charge in [-0.2, -0.15) is 0 Å². The minimum Gasteiger partial charge on any atom is -0.396 e. The zero-order valence-corrected chi connectivity index (χ0v) is 15.5. The lowest BCUT2D eigenvalue weighted by molar-refractivity contribution is -0.120. The number of Topliss-reactive ketones (excluding diaryl/α,β-unsaturated/α-hetero) is 3. The Balaban J connectivity index is 0. The molecule has 0 aliphatic heterocycles. The highest BCUT2D eigenvalue weighted by Crippen LogP contribution is 2.12. The first kappa shape index (κ1) is 24.5. The van der Waals surface area contributed by atoms with E-state index in [1.54, 1.807) is 13.8 Å². The van der Waals surface area contributed by atoms with E-state index in [1.807, 2.05) is 0 Å². The van der Waals surface area contributed by atoms with E-state index in [4.69, 9.17) is 16.7 Å². The number of aliphatic hydroxyl groups is 1. The fraction of sp³-hybridized carbons (Fsp3) is 0.833. The first-order valence-electron chi connectivity index (χ1n) is 8.61. The maximum absolute atomic E-state index is 10.5. The van der Waals surface area contributed by atoms with E-state index in [0.29, 0.717) is 24.5 Å². The maximum Gasteiger partial charge on any atom is 0.132 e. The van der Waals surface area contributed by atoms with Crippen molar-refractivity contribution in [3.63, 3.8) is 0 Å². The third-order valence-corrected chi connectivity index (χ3v) is 3.53. The van der Waals surface area contributed by atoms with Gasteiger partial charge in [0.2, 0.25) is 0 Å². The summed E-state index contributed by atoms with van der Waals surface area (Å²) in [6.45, 7) is 3.37. The molecule has 4 nitrogen and oxygen atoms in total. The molecule has 136 valence electrons. The molecule has 0 aromatic heterocycles. The number of alkyl halides is 1. The van der Waals surface area contributed by atoms with E-state index in [9.17, 15) is 14.4 Å². The van der Waals surface area contributed by atoms with Crippen molar-refractivity contribution in [1.29, 1.82) is 0 Å². The first-order chi connectivity index (χ1) is 10.9. The summed E-state index contributed by atoms with van der Waals surface area (Å²) in [6, 6.07) is 0. The molecule has 0 heterocycles. The summed E-state index contributed by atoms with van der Waals surface area (Å²) in [7, 11) is 0. The van der Waals surface area contributed by atoms with Gasteiger partial charge in [-0.05, 0) is 52.4 Å². The number of unbranched alkanes of at least 4 members (excludes halogenated alkanes) is 2. The molecule has 1 aliphatic carbocycles. The monoisotopic (exact) mass is 348 g/mol. The topological polar surface area (TPSA) is 71.4 Å². The predicted molar refractivity (Wildman–Crippen MR) is 95.0 cm³/mol. The number of halogens is 1. The lowest BCUT2D eigenvalue weighted by Crippen LogP contribution is -2.02. The van der Waals surface area contributed by atoms with Gasteiger partial charge in [-0.1, -0.05) is 6.42 Å². The molecular weight excluding hydrogens is 316 g/mol. The van der Waals surface area contributed by atoms with Crippen LogP contribution in [0.15, 0.2) is 0 Å². The lowest BCUT2D eigenvalue weighted by Gasteiger charge is -2.05. The fourth-order valence-corrected chi connectivity index (χ4v) is 2.09. The molecule has 0 aromatic carbocycles. The Hall–Kier alpha value is -0.740. The molecule has 0 bridgehead atoms. The standard InChI is InChI=1S/C6H11ClO.C6H12O2.C6H10O/c2*1-6(8)4-2-3-5-7;7-6-4-2-1-3-5-6/h2-5H2,1H3;7H,2-5H2,1H3;1-5H2. The van der Waals surface area contributed by atoms with Gasteiger partial charge in [-0.3, -0.25) is 4.79 Å². The molecule has 0 aromatic rings. The molecule has 0 atom stereocenters. The van der Waals surface area contributed by atoms with Gasteiger partial charge in [0, 0.05) is 38.2 Å². The molecule has 0 spiro atoms. The van der Waals surface area contributed by atoms with Crippen LogP contribution < -0.4 is 0 Å². The summed E-state index contributed by atoms with van der Waals surface area (Å²) in [6.07, 6.45) is 10.0. The van der Waals surface area contributed by atoms with Gasteiger partial charge in [-0.25, -0.2) is 0 Å². The van der Waals surface area contributed by atoms with Gasteiger partial charge in [0.25, 0.3) is 0 Å². The Kier molecular flexibility index (Phi) is 20.6. The first-order valence-corrected chi connectivity index (χ1v) is 9.14. The summed E-state index contributed by atoms with van der Waals surface area (Å²) in [4.78, 5) is 31.0. The lowest BCUT2D eigenvalue weighted by atomic mass is 10.00. The van der Waals surface area contributed by atoms with E-state index in [-0.39, 0.29) is 18.2 Å². The number of carbonyl (C=O) groups is 3. The number of hydrogen-bond acceptors (Lipinski definition) is 4. The van der Waals surface area contributed by atoms with Crippen molar-refractivity contribution in [2.24, 2.45) is 0 Å². The number of carbonyl (C=O) groups excluding carboxylic acids is 3. The smallest absolute Gasteiger partial charge is 0.132 e. The van der Waals surface area contributed by atoms with Crippen molar-refractivity contribution in [1.82, 2.24) is 0 Å². The van der Waals surface area contributed by atoms with Crippen LogP contribution in [0, 0.1) is 0 Å². The van der Waals surface area contributed by atoms with Crippen molar-refractivity contribution in [2.75, 3.05) is 12.5 Å². The number of aliphatic hydroxyl groups excluding tert-OH is 1. The number of rotatable bonds is 8.